The van der Waals surface area contributed by atoms with Crippen LogP contribution in [-0.4, -0.2) is 24.7 Å². The van der Waals surface area contributed by atoms with Gasteiger partial charge >= 0.3 is 0 Å². The van der Waals surface area contributed by atoms with E-state index in [1.54, 1.807) is 0 Å². The molecule has 0 aromatic heterocycles. The first-order valence-corrected chi connectivity index (χ1v) is 7.66. The van der Waals surface area contributed by atoms with E-state index in [9.17, 15) is 0 Å². The molecule has 0 saturated heterocycles. The number of nitrogens with zero attached hydrogens (tertiary/aromatic N) is 1. The maximum atomic E-state index is 6.06. The predicted octanol–water partition coefficient (Wildman–Crippen LogP) is 3.87. The normalized spacial score (nSPS) is 10.5. The lowest BCUT2D eigenvalue weighted by atomic mass is 10.1. The Bertz CT molecular complexity index is 473. The van der Waals surface area contributed by atoms with Crippen molar-refractivity contribution in [2.75, 3.05) is 13.1 Å². The Hall–Kier alpha value is -0.980. The molecule has 0 atom stereocenters. The second-order valence-corrected chi connectivity index (χ2v) is 6.05. The lowest BCUT2D eigenvalue weighted by molar-refractivity contribution is 0.129. The Kier molecular flexibility index (Phi) is 9.48. The molecule has 0 bridgehead atoms. The molecule has 0 aliphatic carbocycles. The quantitative estimate of drug-likeness (QED) is 0.433. The van der Waals surface area contributed by atoms with Crippen LogP contribution in [0.3, 0.4) is 0 Å². The molecule has 1 aromatic carbocycles. The molecular formula is C17H30IN3O. The van der Waals surface area contributed by atoms with Gasteiger partial charge < -0.3 is 15.4 Å². The first-order chi connectivity index (χ1) is 9.85. The van der Waals surface area contributed by atoms with Crippen molar-refractivity contribution >= 4 is 29.9 Å². The first kappa shape index (κ1) is 21.0. The van der Waals surface area contributed by atoms with E-state index in [1.807, 2.05) is 0 Å². The summed E-state index contributed by atoms with van der Waals surface area (Å²) in [6.45, 7) is 14.7. The lowest BCUT2D eigenvalue weighted by Crippen LogP contribution is -2.37. The second kappa shape index (κ2) is 9.92. The zero-order valence-corrected chi connectivity index (χ0v) is 16.9. The fourth-order valence-electron chi connectivity index (χ4n) is 1.89. The average Bonchev–Trinajstić information content (AvgIpc) is 2.36. The molecule has 2 N–H and O–H groups in total. The van der Waals surface area contributed by atoms with Crippen LogP contribution in [0.5, 0.6) is 5.75 Å². The molecular weight excluding hydrogens is 389 g/mol. The van der Waals surface area contributed by atoms with E-state index in [2.05, 4.69) is 75.4 Å². The van der Waals surface area contributed by atoms with E-state index in [1.165, 1.54) is 5.56 Å². The molecule has 0 amide bonds. The van der Waals surface area contributed by atoms with Gasteiger partial charge in [0.05, 0.1) is 6.54 Å². The van der Waals surface area contributed by atoms with Crippen LogP contribution in [0.4, 0.5) is 0 Å². The monoisotopic (exact) mass is 419 g/mol. The van der Waals surface area contributed by atoms with Crippen LogP contribution in [0.1, 0.15) is 45.7 Å². The number of benzene rings is 1. The molecule has 0 heterocycles. The molecule has 22 heavy (non-hydrogen) atoms. The van der Waals surface area contributed by atoms with Crippen LogP contribution >= 0.6 is 24.0 Å². The molecule has 0 aliphatic rings. The van der Waals surface area contributed by atoms with Gasteiger partial charge in [-0.15, -0.1) is 24.0 Å². The van der Waals surface area contributed by atoms with E-state index >= 15 is 0 Å². The number of rotatable bonds is 5. The number of ether oxygens (including phenoxy) is 1. The van der Waals surface area contributed by atoms with Gasteiger partial charge in [0, 0.05) is 18.7 Å². The minimum atomic E-state index is -0.210. The third-order valence-corrected chi connectivity index (χ3v) is 2.73. The molecule has 0 aliphatic heterocycles. The number of aliphatic imine (C=N–C) groups is 1. The molecule has 0 saturated carbocycles. The number of aryl methyl sites for hydroxylation is 1. The third kappa shape index (κ3) is 7.87. The zero-order chi connectivity index (χ0) is 15.9. The van der Waals surface area contributed by atoms with Gasteiger partial charge in [0.15, 0.2) is 5.96 Å². The number of nitrogens with one attached hydrogen (secondary N) is 2. The highest BCUT2D eigenvalue weighted by molar-refractivity contribution is 14.0. The fraction of sp³-hybridized carbons (Fsp3) is 0.588. The van der Waals surface area contributed by atoms with Gasteiger partial charge in [-0.1, -0.05) is 12.1 Å². The van der Waals surface area contributed by atoms with Gasteiger partial charge in [0.2, 0.25) is 0 Å². The second-order valence-electron chi connectivity index (χ2n) is 6.05. The maximum absolute atomic E-state index is 6.06. The number of halogens is 1. The van der Waals surface area contributed by atoms with Crippen LogP contribution in [0, 0.1) is 6.92 Å². The molecule has 0 spiro atoms. The summed E-state index contributed by atoms with van der Waals surface area (Å²) in [5, 5.41) is 6.46. The summed E-state index contributed by atoms with van der Waals surface area (Å²) in [5.41, 5.74) is 2.09. The Morgan fingerprint density at radius 1 is 1.14 bits per heavy atom. The molecule has 1 aromatic rings. The van der Waals surface area contributed by atoms with Crippen molar-refractivity contribution in [1.82, 2.24) is 10.6 Å². The Morgan fingerprint density at radius 2 is 1.73 bits per heavy atom. The third-order valence-electron chi connectivity index (χ3n) is 2.73. The fourth-order valence-corrected chi connectivity index (χ4v) is 1.89. The number of hydrogen-bond donors (Lipinski definition) is 2. The molecule has 5 heteroatoms. The summed E-state index contributed by atoms with van der Waals surface area (Å²) in [4.78, 5) is 4.61. The first-order valence-electron chi connectivity index (χ1n) is 7.66. The summed E-state index contributed by atoms with van der Waals surface area (Å²) >= 11 is 0. The van der Waals surface area contributed by atoms with Gasteiger partial charge in [-0.05, 0) is 53.2 Å². The zero-order valence-electron chi connectivity index (χ0n) is 14.6. The largest absolute Gasteiger partial charge is 0.488 e. The van der Waals surface area contributed by atoms with Crippen molar-refractivity contribution in [2.45, 2.75) is 53.7 Å². The van der Waals surface area contributed by atoms with Crippen LogP contribution in [0.25, 0.3) is 0 Å². The molecule has 0 fully saturated rings. The molecule has 1 rings (SSSR count). The predicted molar refractivity (Wildman–Crippen MR) is 105 cm³/mol. The Morgan fingerprint density at radius 3 is 2.23 bits per heavy atom. The summed E-state index contributed by atoms with van der Waals surface area (Å²) in [7, 11) is 0. The number of guanidine groups is 1. The van der Waals surface area contributed by atoms with Gasteiger partial charge in [-0.3, -0.25) is 0 Å². The highest BCUT2D eigenvalue weighted by atomic mass is 127. The lowest BCUT2D eigenvalue weighted by Gasteiger charge is -2.23. The SMILES string of the molecule is CCNC(=NCc1ccc(C)cc1OC(C)(C)C)NCC.I. The van der Waals surface area contributed by atoms with E-state index < -0.39 is 0 Å². The van der Waals surface area contributed by atoms with Crippen molar-refractivity contribution in [3.8, 4) is 5.75 Å². The average molecular weight is 419 g/mol. The molecule has 0 unspecified atom stereocenters. The van der Waals surface area contributed by atoms with Crippen LogP contribution < -0.4 is 15.4 Å². The summed E-state index contributed by atoms with van der Waals surface area (Å²) in [6.07, 6.45) is 0. The van der Waals surface area contributed by atoms with Crippen molar-refractivity contribution in [3.63, 3.8) is 0 Å². The Balaban J connectivity index is 0.00000441. The topological polar surface area (TPSA) is 45.7 Å². The smallest absolute Gasteiger partial charge is 0.191 e. The van der Waals surface area contributed by atoms with Crippen LogP contribution in [-0.2, 0) is 6.54 Å². The maximum Gasteiger partial charge on any atom is 0.191 e. The highest BCUT2D eigenvalue weighted by Gasteiger charge is 2.14. The van der Waals surface area contributed by atoms with Crippen LogP contribution in [0.2, 0.25) is 0 Å². The summed E-state index contributed by atoms with van der Waals surface area (Å²) in [6, 6.07) is 6.27. The van der Waals surface area contributed by atoms with E-state index in [0.29, 0.717) is 6.54 Å². The molecule has 0 radical (unpaired) electrons. The van der Waals surface area contributed by atoms with Crippen molar-refractivity contribution < 1.29 is 4.74 Å². The summed E-state index contributed by atoms with van der Waals surface area (Å²) < 4.78 is 6.06. The minimum absolute atomic E-state index is 0. The van der Waals surface area contributed by atoms with E-state index in [4.69, 9.17) is 4.74 Å². The van der Waals surface area contributed by atoms with Gasteiger partial charge in [-0.25, -0.2) is 4.99 Å². The standard InChI is InChI=1S/C17H29N3O.HI/c1-7-18-16(19-8-2)20-12-14-10-9-13(3)11-15(14)21-17(4,5)6;/h9-11H,7-8,12H2,1-6H3,(H2,18,19,20);1H. The van der Waals surface area contributed by atoms with E-state index in [-0.39, 0.29) is 29.6 Å². The van der Waals surface area contributed by atoms with Crippen molar-refractivity contribution in [2.24, 2.45) is 4.99 Å². The number of hydrogen-bond acceptors (Lipinski definition) is 2. The van der Waals surface area contributed by atoms with Crippen molar-refractivity contribution in [1.29, 1.82) is 0 Å². The van der Waals surface area contributed by atoms with Gasteiger partial charge in [0.25, 0.3) is 0 Å². The van der Waals surface area contributed by atoms with Gasteiger partial charge in [0.1, 0.15) is 11.4 Å². The Labute approximate surface area is 152 Å². The van der Waals surface area contributed by atoms with E-state index in [0.717, 1.165) is 30.4 Å². The molecule has 126 valence electrons. The minimum Gasteiger partial charge on any atom is -0.488 e. The van der Waals surface area contributed by atoms with Gasteiger partial charge in [-0.2, -0.15) is 0 Å². The highest BCUT2D eigenvalue weighted by Crippen LogP contribution is 2.25. The molecule has 4 nitrogen and oxygen atoms in total. The summed E-state index contributed by atoms with van der Waals surface area (Å²) in [5.74, 6) is 1.75. The van der Waals surface area contributed by atoms with Crippen LogP contribution in [0.15, 0.2) is 23.2 Å². The van der Waals surface area contributed by atoms with Crippen molar-refractivity contribution in [3.05, 3.63) is 29.3 Å².